The van der Waals surface area contributed by atoms with Crippen molar-refractivity contribution in [2.24, 2.45) is 0 Å². The van der Waals surface area contributed by atoms with E-state index in [0.29, 0.717) is 0 Å². The molecule has 108 valence electrons. The van der Waals surface area contributed by atoms with Crippen molar-refractivity contribution in [2.45, 2.75) is 46.9 Å². The molecule has 0 fully saturated rings. The van der Waals surface area contributed by atoms with Gasteiger partial charge < -0.3 is 10.4 Å². The van der Waals surface area contributed by atoms with Crippen molar-refractivity contribution in [3.8, 4) is 0 Å². The van der Waals surface area contributed by atoms with E-state index in [1.165, 1.54) is 5.56 Å². The van der Waals surface area contributed by atoms with Gasteiger partial charge in [-0.25, -0.2) is 0 Å². The van der Waals surface area contributed by atoms with E-state index in [1.807, 2.05) is 29.8 Å². The Bertz CT molecular complexity index is 589. The fourth-order valence-corrected chi connectivity index (χ4v) is 2.47. The summed E-state index contributed by atoms with van der Waals surface area (Å²) in [6.45, 7) is 9.28. The number of anilines is 1. The highest BCUT2D eigenvalue weighted by Gasteiger charge is 2.14. The molecule has 1 unspecified atom stereocenters. The summed E-state index contributed by atoms with van der Waals surface area (Å²) in [5, 5.41) is 17.3. The standard InChI is InChI=1S/C16H23N3O/c1-5-19-13(4)16(12(3)18-19)17-11(2)15-8-6-7-14(9-15)10-20/h6-9,11,17,20H,5,10H2,1-4H3. The van der Waals surface area contributed by atoms with Gasteiger partial charge in [0, 0.05) is 12.6 Å². The van der Waals surface area contributed by atoms with Gasteiger partial charge in [-0.2, -0.15) is 5.10 Å². The number of nitrogens with one attached hydrogen (secondary N) is 1. The van der Waals surface area contributed by atoms with Crippen LogP contribution in [0.15, 0.2) is 24.3 Å². The molecule has 0 aliphatic carbocycles. The first-order valence-corrected chi connectivity index (χ1v) is 7.07. The summed E-state index contributed by atoms with van der Waals surface area (Å²) >= 11 is 0. The highest BCUT2D eigenvalue weighted by Crippen LogP contribution is 2.25. The van der Waals surface area contributed by atoms with Crippen LogP contribution in [-0.4, -0.2) is 14.9 Å². The Labute approximate surface area is 120 Å². The molecular weight excluding hydrogens is 250 g/mol. The fraction of sp³-hybridized carbons (Fsp3) is 0.438. The minimum absolute atomic E-state index is 0.0758. The van der Waals surface area contributed by atoms with Gasteiger partial charge in [0.15, 0.2) is 0 Å². The number of hydrogen-bond acceptors (Lipinski definition) is 3. The van der Waals surface area contributed by atoms with Crippen molar-refractivity contribution in [2.75, 3.05) is 5.32 Å². The van der Waals surface area contributed by atoms with Crippen molar-refractivity contribution in [3.63, 3.8) is 0 Å². The third kappa shape index (κ3) is 2.85. The SMILES string of the molecule is CCn1nc(C)c(NC(C)c2cccc(CO)c2)c1C. The fourth-order valence-electron chi connectivity index (χ4n) is 2.47. The smallest absolute Gasteiger partial charge is 0.0828 e. The number of aliphatic hydroxyl groups excluding tert-OH is 1. The lowest BCUT2D eigenvalue weighted by Crippen LogP contribution is -2.08. The number of benzene rings is 1. The molecule has 0 spiro atoms. The Balaban J connectivity index is 2.23. The van der Waals surface area contributed by atoms with Crippen LogP contribution in [-0.2, 0) is 13.2 Å². The van der Waals surface area contributed by atoms with Gasteiger partial charge in [0.05, 0.1) is 23.7 Å². The van der Waals surface area contributed by atoms with Crippen molar-refractivity contribution >= 4 is 5.69 Å². The highest BCUT2D eigenvalue weighted by atomic mass is 16.3. The lowest BCUT2D eigenvalue weighted by atomic mass is 10.0. The van der Waals surface area contributed by atoms with Crippen molar-refractivity contribution in [3.05, 3.63) is 46.8 Å². The van der Waals surface area contributed by atoms with Gasteiger partial charge in [0.2, 0.25) is 0 Å². The molecule has 0 radical (unpaired) electrons. The molecule has 1 atom stereocenters. The summed E-state index contributed by atoms with van der Waals surface area (Å²) in [4.78, 5) is 0. The number of aryl methyl sites for hydroxylation is 2. The second-order valence-corrected chi connectivity index (χ2v) is 5.13. The summed E-state index contributed by atoms with van der Waals surface area (Å²) < 4.78 is 2.01. The van der Waals surface area contributed by atoms with Crippen LogP contribution in [0.3, 0.4) is 0 Å². The minimum Gasteiger partial charge on any atom is -0.392 e. The summed E-state index contributed by atoms with van der Waals surface area (Å²) in [5.74, 6) is 0. The van der Waals surface area contributed by atoms with E-state index in [1.54, 1.807) is 0 Å². The molecule has 1 heterocycles. The Morgan fingerprint density at radius 2 is 2.10 bits per heavy atom. The van der Waals surface area contributed by atoms with Gasteiger partial charge in [0.1, 0.15) is 0 Å². The maximum absolute atomic E-state index is 9.22. The predicted octanol–water partition coefficient (Wildman–Crippen LogP) is 3.19. The molecule has 2 rings (SSSR count). The van der Waals surface area contributed by atoms with E-state index >= 15 is 0 Å². The summed E-state index contributed by atoms with van der Waals surface area (Å²) in [7, 11) is 0. The maximum Gasteiger partial charge on any atom is 0.0828 e. The Morgan fingerprint density at radius 1 is 1.35 bits per heavy atom. The predicted molar refractivity (Wildman–Crippen MR) is 81.8 cm³/mol. The van der Waals surface area contributed by atoms with Gasteiger partial charge in [-0.1, -0.05) is 24.3 Å². The van der Waals surface area contributed by atoms with Crippen molar-refractivity contribution in [1.82, 2.24) is 9.78 Å². The van der Waals surface area contributed by atoms with Gasteiger partial charge in [-0.15, -0.1) is 0 Å². The van der Waals surface area contributed by atoms with E-state index in [-0.39, 0.29) is 12.6 Å². The van der Waals surface area contributed by atoms with Gasteiger partial charge >= 0.3 is 0 Å². The van der Waals surface area contributed by atoms with Crippen LogP contribution >= 0.6 is 0 Å². The number of aromatic nitrogens is 2. The average Bonchev–Trinajstić information content (AvgIpc) is 2.74. The molecule has 0 aliphatic rings. The minimum atomic E-state index is 0.0758. The molecule has 0 amide bonds. The lowest BCUT2D eigenvalue weighted by molar-refractivity contribution is 0.281. The molecular formula is C16H23N3O. The Kier molecular flexibility index (Phi) is 4.45. The normalized spacial score (nSPS) is 12.4. The van der Waals surface area contributed by atoms with Crippen molar-refractivity contribution in [1.29, 1.82) is 0 Å². The van der Waals surface area contributed by atoms with Crippen LogP contribution in [0.25, 0.3) is 0 Å². The zero-order valence-electron chi connectivity index (χ0n) is 12.6. The van der Waals surface area contributed by atoms with Crippen LogP contribution < -0.4 is 5.32 Å². The summed E-state index contributed by atoms with van der Waals surface area (Å²) in [5.41, 5.74) is 5.40. The number of rotatable bonds is 5. The third-order valence-electron chi connectivity index (χ3n) is 3.68. The van der Waals surface area contributed by atoms with E-state index < -0.39 is 0 Å². The highest BCUT2D eigenvalue weighted by molar-refractivity contribution is 5.53. The zero-order valence-corrected chi connectivity index (χ0v) is 12.6. The van der Waals surface area contributed by atoms with Crippen LogP contribution in [0.4, 0.5) is 5.69 Å². The maximum atomic E-state index is 9.22. The van der Waals surface area contributed by atoms with E-state index in [4.69, 9.17) is 0 Å². The molecule has 0 bridgehead atoms. The number of nitrogens with zero attached hydrogens (tertiary/aromatic N) is 2. The first-order valence-electron chi connectivity index (χ1n) is 7.07. The molecule has 4 heteroatoms. The molecule has 0 saturated carbocycles. The molecule has 20 heavy (non-hydrogen) atoms. The topological polar surface area (TPSA) is 50.1 Å². The van der Waals surface area contributed by atoms with E-state index in [0.717, 1.165) is 29.2 Å². The average molecular weight is 273 g/mol. The first kappa shape index (κ1) is 14.6. The zero-order chi connectivity index (χ0) is 14.7. The molecule has 0 aliphatic heterocycles. The summed E-state index contributed by atoms with van der Waals surface area (Å²) in [6.07, 6.45) is 0. The van der Waals surface area contributed by atoms with Crippen molar-refractivity contribution < 1.29 is 5.11 Å². The molecule has 1 aromatic heterocycles. The lowest BCUT2D eigenvalue weighted by Gasteiger charge is -2.17. The van der Waals surface area contributed by atoms with Crippen LogP contribution in [0.1, 0.15) is 42.4 Å². The Morgan fingerprint density at radius 3 is 2.70 bits per heavy atom. The second-order valence-electron chi connectivity index (χ2n) is 5.13. The summed E-state index contributed by atoms with van der Waals surface area (Å²) in [6, 6.07) is 8.20. The van der Waals surface area contributed by atoms with Gasteiger partial charge in [-0.3, -0.25) is 4.68 Å². The van der Waals surface area contributed by atoms with Crippen LogP contribution in [0.2, 0.25) is 0 Å². The van der Waals surface area contributed by atoms with Gasteiger partial charge in [-0.05, 0) is 38.8 Å². The quantitative estimate of drug-likeness (QED) is 0.879. The molecule has 2 aromatic rings. The number of aliphatic hydroxyl groups is 1. The molecule has 4 nitrogen and oxygen atoms in total. The molecule has 1 aromatic carbocycles. The largest absolute Gasteiger partial charge is 0.392 e. The van der Waals surface area contributed by atoms with Crippen LogP contribution in [0.5, 0.6) is 0 Å². The van der Waals surface area contributed by atoms with E-state index in [2.05, 4.69) is 37.3 Å². The molecule has 2 N–H and O–H groups in total. The van der Waals surface area contributed by atoms with Crippen LogP contribution in [0, 0.1) is 13.8 Å². The monoisotopic (exact) mass is 273 g/mol. The second kappa shape index (κ2) is 6.09. The van der Waals surface area contributed by atoms with E-state index in [9.17, 15) is 5.11 Å². The first-order chi connectivity index (χ1) is 9.56. The Hall–Kier alpha value is -1.81. The van der Waals surface area contributed by atoms with Gasteiger partial charge in [0.25, 0.3) is 0 Å². The number of hydrogen-bond donors (Lipinski definition) is 2. The third-order valence-corrected chi connectivity index (χ3v) is 3.68. The molecule has 0 saturated heterocycles.